The first-order chi connectivity index (χ1) is 9.66. The summed E-state index contributed by atoms with van der Waals surface area (Å²) in [5.74, 6) is 0.182. The van der Waals surface area contributed by atoms with Crippen LogP contribution in [0, 0.1) is 0 Å². The van der Waals surface area contributed by atoms with Gasteiger partial charge in [-0.15, -0.1) is 0 Å². The van der Waals surface area contributed by atoms with E-state index in [9.17, 15) is 4.79 Å². The van der Waals surface area contributed by atoms with Crippen molar-refractivity contribution in [2.45, 2.75) is 45.2 Å². The highest BCUT2D eigenvalue weighted by Crippen LogP contribution is 2.15. The minimum Gasteiger partial charge on any atom is -0.340 e. The maximum atomic E-state index is 12.1. The molecule has 1 aromatic rings. The highest BCUT2D eigenvalue weighted by atomic mass is 16.2. The smallest absolute Gasteiger partial charge is 0.222 e. The zero-order chi connectivity index (χ0) is 14.4. The maximum absolute atomic E-state index is 12.1. The first-order valence-electron chi connectivity index (χ1n) is 7.39. The average Bonchev–Trinajstić information content (AvgIpc) is 2.99. The van der Waals surface area contributed by atoms with Gasteiger partial charge >= 0.3 is 0 Å². The molecule has 2 rings (SSSR count). The molecule has 1 saturated heterocycles. The van der Waals surface area contributed by atoms with Gasteiger partial charge in [-0.05, 0) is 39.3 Å². The third kappa shape index (κ3) is 4.27. The fourth-order valence-electron chi connectivity index (χ4n) is 2.63. The third-order valence-electron chi connectivity index (χ3n) is 3.98. The molecule has 0 unspecified atom stereocenters. The van der Waals surface area contributed by atoms with Crippen molar-refractivity contribution in [2.75, 3.05) is 20.1 Å². The first-order valence-corrected chi connectivity index (χ1v) is 7.39. The summed E-state index contributed by atoms with van der Waals surface area (Å²) in [7, 11) is 1.83. The van der Waals surface area contributed by atoms with E-state index in [4.69, 9.17) is 0 Å². The van der Waals surface area contributed by atoms with Crippen LogP contribution in [0.1, 0.15) is 38.3 Å². The molecule has 1 fully saturated rings. The molecule has 1 aliphatic heterocycles. The molecule has 1 atom stereocenters. The van der Waals surface area contributed by atoms with Crippen molar-refractivity contribution in [1.29, 1.82) is 0 Å². The van der Waals surface area contributed by atoms with Gasteiger partial charge in [0.2, 0.25) is 5.91 Å². The molecular weight excluding hydrogens is 252 g/mol. The van der Waals surface area contributed by atoms with Crippen molar-refractivity contribution in [3.8, 4) is 0 Å². The van der Waals surface area contributed by atoms with Crippen molar-refractivity contribution in [2.24, 2.45) is 0 Å². The Morgan fingerprint density at radius 3 is 2.80 bits per heavy atom. The summed E-state index contributed by atoms with van der Waals surface area (Å²) in [5.41, 5.74) is 0.830. The summed E-state index contributed by atoms with van der Waals surface area (Å²) in [6.07, 6.45) is 9.14. The van der Waals surface area contributed by atoms with Crippen LogP contribution >= 0.6 is 0 Å². The molecule has 0 aromatic carbocycles. The molecule has 0 aliphatic carbocycles. The number of nitrogens with zero attached hydrogens (tertiary/aromatic N) is 4. The predicted molar refractivity (Wildman–Crippen MR) is 78.0 cm³/mol. The van der Waals surface area contributed by atoms with Crippen molar-refractivity contribution >= 4 is 5.91 Å². The second kappa shape index (κ2) is 7.33. The lowest BCUT2D eigenvalue weighted by atomic mass is 10.1. The number of likely N-dealkylation sites (tertiary alicyclic amines) is 1. The number of hydrogen-bond acceptors (Lipinski definition) is 4. The number of amides is 1. The molecular formula is C15H24N4O. The molecule has 0 N–H and O–H groups in total. The second-order valence-corrected chi connectivity index (χ2v) is 5.58. The summed E-state index contributed by atoms with van der Waals surface area (Å²) < 4.78 is 0. The topological polar surface area (TPSA) is 49.3 Å². The van der Waals surface area contributed by atoms with E-state index in [-0.39, 0.29) is 5.91 Å². The molecule has 20 heavy (non-hydrogen) atoms. The van der Waals surface area contributed by atoms with Gasteiger partial charge in [-0.25, -0.2) is 0 Å². The van der Waals surface area contributed by atoms with Crippen LogP contribution in [0.5, 0.6) is 0 Å². The maximum Gasteiger partial charge on any atom is 0.222 e. The van der Waals surface area contributed by atoms with Gasteiger partial charge in [0.05, 0.1) is 18.4 Å². The van der Waals surface area contributed by atoms with Gasteiger partial charge in [0.15, 0.2) is 0 Å². The van der Waals surface area contributed by atoms with Crippen molar-refractivity contribution in [3.63, 3.8) is 0 Å². The lowest BCUT2D eigenvalue weighted by Gasteiger charge is -2.24. The summed E-state index contributed by atoms with van der Waals surface area (Å²) in [6, 6.07) is 0.506. The Morgan fingerprint density at radius 2 is 2.15 bits per heavy atom. The third-order valence-corrected chi connectivity index (χ3v) is 3.98. The summed E-state index contributed by atoms with van der Waals surface area (Å²) in [5, 5.41) is 0. The molecule has 5 nitrogen and oxygen atoms in total. The number of carbonyl (C=O) groups is 1. The van der Waals surface area contributed by atoms with Crippen LogP contribution in [0.4, 0.5) is 0 Å². The fourth-order valence-corrected chi connectivity index (χ4v) is 2.63. The van der Waals surface area contributed by atoms with Gasteiger partial charge in [0.25, 0.3) is 0 Å². The Balaban J connectivity index is 1.73. The standard InChI is InChI=1S/C15H24N4O/c1-13(19-9-3-4-10-19)5-6-15(20)18(2)12-14-11-16-7-8-17-14/h7-8,11,13H,3-6,9-10,12H2,1-2H3/t13-/m0/s1. The van der Waals surface area contributed by atoms with E-state index in [1.54, 1.807) is 23.5 Å². The van der Waals surface area contributed by atoms with Crippen LogP contribution in [-0.4, -0.2) is 51.9 Å². The van der Waals surface area contributed by atoms with Crippen LogP contribution in [0.25, 0.3) is 0 Å². The normalized spacial score (nSPS) is 17.1. The van der Waals surface area contributed by atoms with Crippen LogP contribution in [0.2, 0.25) is 0 Å². The monoisotopic (exact) mass is 276 g/mol. The van der Waals surface area contributed by atoms with Crippen LogP contribution in [0.15, 0.2) is 18.6 Å². The van der Waals surface area contributed by atoms with E-state index in [1.807, 2.05) is 7.05 Å². The van der Waals surface area contributed by atoms with Crippen molar-refractivity contribution < 1.29 is 4.79 Å². The van der Waals surface area contributed by atoms with Crippen molar-refractivity contribution in [1.82, 2.24) is 19.8 Å². The highest BCUT2D eigenvalue weighted by molar-refractivity contribution is 5.75. The molecule has 110 valence electrons. The number of carbonyl (C=O) groups excluding carboxylic acids is 1. The van der Waals surface area contributed by atoms with Gasteiger partial charge in [-0.2, -0.15) is 0 Å². The summed E-state index contributed by atoms with van der Waals surface area (Å²) in [4.78, 5) is 24.6. The molecule has 0 bridgehead atoms. The summed E-state index contributed by atoms with van der Waals surface area (Å²) in [6.45, 7) is 5.13. The van der Waals surface area contributed by atoms with E-state index in [0.717, 1.165) is 12.1 Å². The Bertz CT molecular complexity index is 417. The molecule has 0 saturated carbocycles. The molecule has 2 heterocycles. The first kappa shape index (κ1) is 14.9. The Hall–Kier alpha value is -1.49. The average molecular weight is 276 g/mol. The zero-order valence-corrected chi connectivity index (χ0v) is 12.5. The quantitative estimate of drug-likeness (QED) is 0.793. The predicted octanol–water partition coefficient (Wildman–Crippen LogP) is 1.70. The van der Waals surface area contributed by atoms with Gasteiger partial charge in [0.1, 0.15) is 0 Å². The lowest BCUT2D eigenvalue weighted by molar-refractivity contribution is -0.130. The van der Waals surface area contributed by atoms with Gasteiger partial charge < -0.3 is 9.80 Å². The van der Waals surface area contributed by atoms with Gasteiger partial charge in [-0.3, -0.25) is 14.8 Å². The molecule has 0 radical (unpaired) electrons. The Kier molecular flexibility index (Phi) is 5.47. The number of hydrogen-bond donors (Lipinski definition) is 0. The largest absolute Gasteiger partial charge is 0.340 e. The highest BCUT2D eigenvalue weighted by Gasteiger charge is 2.19. The zero-order valence-electron chi connectivity index (χ0n) is 12.5. The van der Waals surface area contributed by atoms with E-state index < -0.39 is 0 Å². The number of aromatic nitrogens is 2. The minimum absolute atomic E-state index is 0.182. The second-order valence-electron chi connectivity index (χ2n) is 5.58. The summed E-state index contributed by atoms with van der Waals surface area (Å²) >= 11 is 0. The fraction of sp³-hybridized carbons (Fsp3) is 0.667. The van der Waals surface area contributed by atoms with E-state index in [2.05, 4.69) is 21.8 Å². The lowest BCUT2D eigenvalue weighted by Crippen LogP contribution is -2.32. The number of rotatable bonds is 6. The molecule has 1 aromatic heterocycles. The van der Waals surface area contributed by atoms with E-state index in [1.165, 1.54) is 25.9 Å². The van der Waals surface area contributed by atoms with E-state index >= 15 is 0 Å². The molecule has 1 amide bonds. The van der Waals surface area contributed by atoms with Gasteiger partial charge in [-0.1, -0.05) is 0 Å². The Labute approximate surface area is 121 Å². The van der Waals surface area contributed by atoms with Crippen LogP contribution < -0.4 is 0 Å². The van der Waals surface area contributed by atoms with E-state index in [0.29, 0.717) is 19.0 Å². The minimum atomic E-state index is 0.182. The molecule has 5 heteroatoms. The molecule has 0 spiro atoms. The SMILES string of the molecule is C[C@@H](CCC(=O)N(C)Cc1cnccn1)N1CCCC1. The van der Waals surface area contributed by atoms with Crippen LogP contribution in [-0.2, 0) is 11.3 Å². The molecule has 1 aliphatic rings. The Morgan fingerprint density at radius 1 is 1.40 bits per heavy atom. The van der Waals surface area contributed by atoms with Crippen molar-refractivity contribution in [3.05, 3.63) is 24.3 Å². The van der Waals surface area contributed by atoms with Crippen LogP contribution in [0.3, 0.4) is 0 Å². The van der Waals surface area contributed by atoms with Gasteiger partial charge in [0, 0.05) is 31.9 Å².